The highest BCUT2D eigenvalue weighted by atomic mass is 32.2. The van der Waals surface area contributed by atoms with Crippen molar-refractivity contribution in [1.29, 1.82) is 0 Å². The number of anilines is 2. The molecule has 0 aliphatic rings. The topological polar surface area (TPSA) is 84.5 Å². The number of nitrogens with one attached hydrogen (secondary N) is 2. The molecule has 7 heteroatoms. The van der Waals surface area contributed by atoms with Crippen LogP contribution < -0.4 is 14.8 Å². The quantitative estimate of drug-likeness (QED) is 0.265. The molecule has 0 aliphatic carbocycles. The molecular formula is C30H30N2O4S. The zero-order chi connectivity index (χ0) is 26.4. The first-order chi connectivity index (χ1) is 17.7. The third-order valence-corrected chi connectivity index (χ3v) is 7.49. The maximum Gasteiger partial charge on any atom is 0.265 e. The fourth-order valence-electron chi connectivity index (χ4n) is 3.80. The Morgan fingerprint density at radius 3 is 2.03 bits per heavy atom. The molecule has 1 atom stereocenters. The molecule has 1 unspecified atom stereocenters. The molecule has 1 amide bonds. The average molecular weight is 515 g/mol. The van der Waals surface area contributed by atoms with Gasteiger partial charge in [0.25, 0.3) is 15.9 Å². The molecule has 6 nitrogen and oxygen atoms in total. The number of rotatable bonds is 9. The van der Waals surface area contributed by atoms with Gasteiger partial charge in [-0.25, -0.2) is 8.42 Å². The van der Waals surface area contributed by atoms with E-state index in [9.17, 15) is 13.2 Å². The molecule has 0 aliphatic heterocycles. The molecule has 4 rings (SSSR count). The molecule has 0 radical (unpaired) electrons. The first kappa shape index (κ1) is 26.0. The lowest BCUT2D eigenvalue weighted by Crippen LogP contribution is -2.32. The second kappa shape index (κ2) is 11.3. The van der Waals surface area contributed by atoms with Gasteiger partial charge in [-0.2, -0.15) is 0 Å². The lowest BCUT2D eigenvalue weighted by molar-refractivity contribution is -0.122. The van der Waals surface area contributed by atoms with Gasteiger partial charge in [0.15, 0.2) is 6.10 Å². The van der Waals surface area contributed by atoms with Crippen molar-refractivity contribution in [3.8, 4) is 16.9 Å². The summed E-state index contributed by atoms with van der Waals surface area (Å²) >= 11 is 0. The van der Waals surface area contributed by atoms with Gasteiger partial charge >= 0.3 is 0 Å². The zero-order valence-electron chi connectivity index (χ0n) is 21.1. The number of carbonyl (C=O) groups is 1. The summed E-state index contributed by atoms with van der Waals surface area (Å²) < 4.78 is 34.1. The normalized spacial score (nSPS) is 12.0. The van der Waals surface area contributed by atoms with Crippen LogP contribution in [0.3, 0.4) is 0 Å². The Labute approximate surface area is 218 Å². The van der Waals surface area contributed by atoms with Crippen LogP contribution in [0.4, 0.5) is 11.4 Å². The van der Waals surface area contributed by atoms with Gasteiger partial charge in [0, 0.05) is 11.4 Å². The van der Waals surface area contributed by atoms with Crippen LogP contribution in [0, 0.1) is 13.8 Å². The lowest BCUT2D eigenvalue weighted by atomic mass is 10.1. The van der Waals surface area contributed by atoms with E-state index in [1.54, 1.807) is 24.3 Å². The van der Waals surface area contributed by atoms with Gasteiger partial charge < -0.3 is 10.1 Å². The Bertz CT molecular complexity index is 1470. The van der Waals surface area contributed by atoms with Crippen molar-refractivity contribution in [3.63, 3.8) is 0 Å². The molecule has 4 aromatic carbocycles. The van der Waals surface area contributed by atoms with Crippen molar-refractivity contribution in [3.05, 3.63) is 108 Å². The van der Waals surface area contributed by atoms with Gasteiger partial charge in [-0.15, -0.1) is 0 Å². The van der Waals surface area contributed by atoms with Gasteiger partial charge in [-0.1, -0.05) is 55.5 Å². The van der Waals surface area contributed by atoms with Gasteiger partial charge in [0.1, 0.15) is 5.75 Å². The Hall–Kier alpha value is -4.10. The van der Waals surface area contributed by atoms with Crippen LogP contribution in [-0.4, -0.2) is 20.4 Å². The van der Waals surface area contributed by atoms with Gasteiger partial charge in [-0.05, 0) is 91.1 Å². The predicted molar refractivity (Wildman–Crippen MR) is 148 cm³/mol. The molecule has 0 aromatic heterocycles. The van der Waals surface area contributed by atoms with E-state index < -0.39 is 16.1 Å². The largest absolute Gasteiger partial charge is 0.481 e. The highest BCUT2D eigenvalue weighted by molar-refractivity contribution is 7.92. The van der Waals surface area contributed by atoms with E-state index in [2.05, 4.69) is 10.0 Å². The van der Waals surface area contributed by atoms with Crippen LogP contribution in [0.15, 0.2) is 102 Å². The molecular weight excluding hydrogens is 484 g/mol. The number of amides is 1. The fraction of sp³-hybridized carbons (Fsp3) is 0.167. The van der Waals surface area contributed by atoms with E-state index in [0.717, 1.165) is 22.3 Å². The van der Waals surface area contributed by atoms with Crippen molar-refractivity contribution in [2.75, 3.05) is 10.0 Å². The summed E-state index contributed by atoms with van der Waals surface area (Å²) in [4.78, 5) is 13.0. The van der Waals surface area contributed by atoms with Crippen molar-refractivity contribution in [1.82, 2.24) is 0 Å². The summed E-state index contributed by atoms with van der Waals surface area (Å²) in [6.07, 6.45) is -0.226. The Balaban J connectivity index is 1.38. The van der Waals surface area contributed by atoms with Crippen LogP contribution >= 0.6 is 0 Å². The molecule has 0 saturated carbocycles. The first-order valence-electron chi connectivity index (χ1n) is 12.1. The van der Waals surface area contributed by atoms with E-state index in [-0.39, 0.29) is 10.8 Å². The number of benzene rings is 4. The number of hydrogen-bond acceptors (Lipinski definition) is 4. The highest BCUT2D eigenvalue weighted by Crippen LogP contribution is 2.24. The monoisotopic (exact) mass is 514 g/mol. The van der Waals surface area contributed by atoms with Gasteiger partial charge in [-0.3, -0.25) is 9.52 Å². The molecule has 0 saturated heterocycles. The van der Waals surface area contributed by atoms with Gasteiger partial charge in [0.05, 0.1) is 4.90 Å². The SMILES string of the molecule is CCC(Oc1ccc(-c2ccccc2)cc1)C(=O)Nc1ccc(S(=O)(=O)Nc2ccc(C)c(C)c2)cc1. The maximum absolute atomic E-state index is 12.9. The molecule has 190 valence electrons. The summed E-state index contributed by atoms with van der Waals surface area (Å²) in [5.74, 6) is 0.291. The standard InChI is InChI=1S/C30H30N2O4S/c1-4-29(36-27-16-11-24(12-17-27)23-8-6-5-7-9-23)30(33)31-25-14-18-28(19-15-25)37(34,35)32-26-13-10-21(2)22(3)20-26/h5-20,29,32H,4H2,1-3H3,(H,31,33). The molecule has 4 aromatic rings. The molecule has 0 heterocycles. The molecule has 2 N–H and O–H groups in total. The van der Waals surface area contributed by atoms with Crippen LogP contribution in [0.1, 0.15) is 24.5 Å². The minimum atomic E-state index is -3.76. The highest BCUT2D eigenvalue weighted by Gasteiger charge is 2.20. The number of ether oxygens (including phenoxy) is 1. The van der Waals surface area contributed by atoms with Crippen LogP contribution in [0.5, 0.6) is 5.75 Å². The summed E-state index contributed by atoms with van der Waals surface area (Å²) in [6, 6.07) is 29.1. The summed E-state index contributed by atoms with van der Waals surface area (Å²) in [5.41, 5.74) is 5.23. The summed E-state index contributed by atoms with van der Waals surface area (Å²) in [6.45, 7) is 5.77. The third kappa shape index (κ3) is 6.57. The Kier molecular flexibility index (Phi) is 7.94. The lowest BCUT2D eigenvalue weighted by Gasteiger charge is -2.18. The number of sulfonamides is 1. The van der Waals surface area contributed by atoms with Crippen molar-refractivity contribution in [2.24, 2.45) is 0 Å². The number of aryl methyl sites for hydroxylation is 2. The molecule has 0 fully saturated rings. The maximum atomic E-state index is 12.9. The van der Waals surface area contributed by atoms with E-state index >= 15 is 0 Å². The van der Waals surface area contributed by atoms with E-state index in [4.69, 9.17) is 4.74 Å². The Morgan fingerprint density at radius 2 is 1.41 bits per heavy atom. The Morgan fingerprint density at radius 1 is 0.784 bits per heavy atom. The number of hydrogen-bond donors (Lipinski definition) is 2. The second-order valence-corrected chi connectivity index (χ2v) is 10.5. The van der Waals surface area contributed by atoms with E-state index in [1.165, 1.54) is 12.1 Å². The summed E-state index contributed by atoms with van der Waals surface area (Å²) in [7, 11) is -3.76. The first-order valence-corrected chi connectivity index (χ1v) is 13.6. The molecule has 0 spiro atoms. The number of carbonyl (C=O) groups excluding carboxylic acids is 1. The fourth-order valence-corrected chi connectivity index (χ4v) is 4.85. The zero-order valence-corrected chi connectivity index (χ0v) is 21.9. The van der Waals surface area contributed by atoms with Crippen molar-refractivity contribution >= 4 is 27.3 Å². The average Bonchev–Trinajstić information content (AvgIpc) is 2.90. The molecule has 37 heavy (non-hydrogen) atoms. The van der Waals surface area contributed by atoms with E-state index in [1.807, 2.05) is 81.4 Å². The van der Waals surface area contributed by atoms with Crippen LogP contribution in [-0.2, 0) is 14.8 Å². The van der Waals surface area contributed by atoms with Crippen LogP contribution in [0.2, 0.25) is 0 Å². The minimum Gasteiger partial charge on any atom is -0.481 e. The van der Waals surface area contributed by atoms with Crippen molar-refractivity contribution in [2.45, 2.75) is 38.2 Å². The van der Waals surface area contributed by atoms with Crippen molar-refractivity contribution < 1.29 is 17.9 Å². The summed E-state index contributed by atoms with van der Waals surface area (Å²) in [5, 5.41) is 2.81. The third-order valence-electron chi connectivity index (χ3n) is 6.09. The van der Waals surface area contributed by atoms with Crippen LogP contribution in [0.25, 0.3) is 11.1 Å². The smallest absolute Gasteiger partial charge is 0.265 e. The van der Waals surface area contributed by atoms with E-state index in [0.29, 0.717) is 23.5 Å². The second-order valence-electron chi connectivity index (χ2n) is 8.82. The predicted octanol–water partition coefficient (Wildman–Crippen LogP) is 6.57. The minimum absolute atomic E-state index is 0.102. The van der Waals surface area contributed by atoms with Gasteiger partial charge in [0.2, 0.25) is 0 Å². The molecule has 0 bridgehead atoms.